The van der Waals surface area contributed by atoms with Gasteiger partial charge in [-0.25, -0.2) is 13.2 Å². The smallest absolute Gasteiger partial charge is 0.337 e. The minimum absolute atomic E-state index is 0.0274. The molecule has 0 bridgehead atoms. The fourth-order valence-electron chi connectivity index (χ4n) is 2.20. The number of anilines is 1. The van der Waals surface area contributed by atoms with Gasteiger partial charge >= 0.3 is 5.97 Å². The quantitative estimate of drug-likeness (QED) is 0.708. The first-order valence-electron chi connectivity index (χ1n) is 8.39. The van der Waals surface area contributed by atoms with Crippen LogP contribution in [0, 0.1) is 0 Å². The molecule has 1 unspecified atom stereocenters. The van der Waals surface area contributed by atoms with Crippen molar-refractivity contribution >= 4 is 27.6 Å². The number of rotatable bonds is 7. The fraction of sp³-hybridized carbons (Fsp3) is 0.263. The summed E-state index contributed by atoms with van der Waals surface area (Å²) < 4.78 is 32.0. The van der Waals surface area contributed by atoms with Crippen LogP contribution in [0.3, 0.4) is 0 Å². The number of methoxy groups -OCH3 is 1. The molecule has 0 spiro atoms. The van der Waals surface area contributed by atoms with E-state index in [4.69, 9.17) is 0 Å². The molecule has 0 aliphatic rings. The first-order valence-corrected chi connectivity index (χ1v) is 9.87. The second-order valence-corrected chi connectivity index (χ2v) is 7.66. The molecule has 0 heterocycles. The lowest BCUT2D eigenvalue weighted by atomic mass is 10.2. The van der Waals surface area contributed by atoms with Gasteiger partial charge in [0.1, 0.15) is 0 Å². The van der Waals surface area contributed by atoms with Crippen molar-refractivity contribution < 1.29 is 22.7 Å². The van der Waals surface area contributed by atoms with Gasteiger partial charge in [0.15, 0.2) is 0 Å². The standard InChI is InChI=1S/C19H22N2O5S/c1-4-13(2)20-18(22)14-7-11-17(12-8-14)27(24,25)21-16-9-5-15(6-10-16)19(23)26-3/h5-13,21H,4H2,1-3H3,(H,20,22). The van der Waals surface area contributed by atoms with E-state index in [-0.39, 0.29) is 16.8 Å². The monoisotopic (exact) mass is 390 g/mol. The highest BCUT2D eigenvalue weighted by Gasteiger charge is 2.16. The van der Waals surface area contributed by atoms with Gasteiger partial charge in [-0.15, -0.1) is 0 Å². The average molecular weight is 390 g/mol. The maximum absolute atomic E-state index is 12.5. The summed E-state index contributed by atoms with van der Waals surface area (Å²) in [6.45, 7) is 3.86. The molecule has 0 fully saturated rings. The van der Waals surface area contributed by atoms with Gasteiger partial charge < -0.3 is 10.1 Å². The maximum Gasteiger partial charge on any atom is 0.337 e. The second-order valence-electron chi connectivity index (χ2n) is 5.98. The SMILES string of the molecule is CCC(C)NC(=O)c1ccc(S(=O)(=O)Nc2ccc(C(=O)OC)cc2)cc1. The van der Waals surface area contributed by atoms with Crippen LogP contribution in [-0.4, -0.2) is 33.4 Å². The Kier molecular flexibility index (Phi) is 6.57. The van der Waals surface area contributed by atoms with Crippen LogP contribution in [0.1, 0.15) is 41.0 Å². The number of ether oxygens (including phenoxy) is 1. The van der Waals surface area contributed by atoms with Crippen molar-refractivity contribution in [3.05, 3.63) is 59.7 Å². The van der Waals surface area contributed by atoms with Crippen LogP contribution >= 0.6 is 0 Å². The van der Waals surface area contributed by atoms with Gasteiger partial charge in [0.25, 0.3) is 15.9 Å². The molecule has 0 saturated heterocycles. The van der Waals surface area contributed by atoms with Crippen LogP contribution < -0.4 is 10.0 Å². The molecule has 0 radical (unpaired) electrons. The molecule has 0 saturated carbocycles. The van der Waals surface area contributed by atoms with Crippen molar-refractivity contribution in [2.45, 2.75) is 31.2 Å². The van der Waals surface area contributed by atoms with Gasteiger partial charge in [-0.2, -0.15) is 0 Å². The molecule has 7 nitrogen and oxygen atoms in total. The number of esters is 1. The van der Waals surface area contributed by atoms with E-state index < -0.39 is 16.0 Å². The predicted molar refractivity (Wildman–Crippen MR) is 102 cm³/mol. The van der Waals surface area contributed by atoms with E-state index in [2.05, 4.69) is 14.8 Å². The van der Waals surface area contributed by atoms with Gasteiger partial charge in [0, 0.05) is 17.3 Å². The molecule has 2 aromatic rings. The summed E-state index contributed by atoms with van der Waals surface area (Å²) in [7, 11) is -2.55. The third kappa shape index (κ3) is 5.30. The zero-order valence-corrected chi connectivity index (χ0v) is 16.2. The topological polar surface area (TPSA) is 102 Å². The van der Waals surface area contributed by atoms with Crippen LogP contribution in [0.2, 0.25) is 0 Å². The van der Waals surface area contributed by atoms with Crippen molar-refractivity contribution in [2.75, 3.05) is 11.8 Å². The highest BCUT2D eigenvalue weighted by Crippen LogP contribution is 2.18. The first kappa shape index (κ1) is 20.4. The number of sulfonamides is 1. The molecule has 0 aliphatic carbocycles. The lowest BCUT2D eigenvalue weighted by Gasteiger charge is -2.12. The molecule has 2 aromatic carbocycles. The number of carbonyl (C=O) groups excluding carboxylic acids is 2. The van der Waals surface area contributed by atoms with E-state index in [1.807, 2.05) is 13.8 Å². The number of benzene rings is 2. The number of amides is 1. The van der Waals surface area contributed by atoms with Gasteiger partial charge in [0.05, 0.1) is 17.6 Å². The zero-order valence-electron chi connectivity index (χ0n) is 15.4. The molecular weight excluding hydrogens is 368 g/mol. The van der Waals surface area contributed by atoms with Gasteiger partial charge in [0.2, 0.25) is 0 Å². The van der Waals surface area contributed by atoms with Gasteiger partial charge in [-0.1, -0.05) is 6.92 Å². The van der Waals surface area contributed by atoms with E-state index >= 15 is 0 Å². The zero-order chi connectivity index (χ0) is 20.0. The van der Waals surface area contributed by atoms with E-state index in [1.165, 1.54) is 55.6 Å². The number of nitrogens with one attached hydrogen (secondary N) is 2. The molecule has 2 N–H and O–H groups in total. The van der Waals surface area contributed by atoms with E-state index in [0.717, 1.165) is 6.42 Å². The van der Waals surface area contributed by atoms with Crippen LogP contribution in [0.15, 0.2) is 53.4 Å². The van der Waals surface area contributed by atoms with Crippen LogP contribution in [0.25, 0.3) is 0 Å². The second kappa shape index (κ2) is 8.68. The Hall–Kier alpha value is -2.87. The molecule has 0 aromatic heterocycles. The van der Waals surface area contributed by atoms with Crippen LogP contribution in [0.4, 0.5) is 5.69 Å². The molecule has 144 valence electrons. The molecule has 8 heteroatoms. The van der Waals surface area contributed by atoms with E-state index in [1.54, 1.807) is 0 Å². The lowest BCUT2D eigenvalue weighted by molar-refractivity contribution is 0.0600. The summed E-state index contributed by atoms with van der Waals surface area (Å²) >= 11 is 0. The third-order valence-corrected chi connectivity index (χ3v) is 5.37. The fourth-order valence-corrected chi connectivity index (χ4v) is 3.26. The summed E-state index contributed by atoms with van der Waals surface area (Å²) in [5.74, 6) is -0.754. The molecule has 0 aliphatic heterocycles. The summed E-state index contributed by atoms with van der Waals surface area (Å²) in [4.78, 5) is 23.5. The van der Waals surface area contributed by atoms with Gasteiger partial charge in [-0.05, 0) is 61.9 Å². The maximum atomic E-state index is 12.5. The van der Waals surface area contributed by atoms with E-state index in [9.17, 15) is 18.0 Å². The minimum Gasteiger partial charge on any atom is -0.465 e. The summed E-state index contributed by atoms with van der Waals surface area (Å²) in [5, 5.41) is 2.82. The highest BCUT2D eigenvalue weighted by atomic mass is 32.2. The average Bonchev–Trinajstić information content (AvgIpc) is 2.67. The van der Waals surface area contributed by atoms with Crippen LogP contribution in [0.5, 0.6) is 0 Å². The van der Waals surface area contributed by atoms with Crippen molar-refractivity contribution in [1.82, 2.24) is 5.32 Å². The molecule has 1 amide bonds. The number of carbonyl (C=O) groups is 2. The summed E-state index contributed by atoms with van der Waals surface area (Å²) in [6.07, 6.45) is 0.802. The Bertz CT molecular complexity index is 906. The summed E-state index contributed by atoms with van der Waals surface area (Å²) in [6, 6.07) is 11.6. The summed E-state index contributed by atoms with van der Waals surface area (Å²) in [5.41, 5.74) is 1.01. The Labute approximate surface area is 158 Å². The normalized spacial score (nSPS) is 12.1. The Morgan fingerprint density at radius 1 is 1.00 bits per heavy atom. The highest BCUT2D eigenvalue weighted by molar-refractivity contribution is 7.92. The minimum atomic E-state index is -3.82. The molecule has 27 heavy (non-hydrogen) atoms. The molecular formula is C19H22N2O5S. The predicted octanol–water partition coefficient (Wildman–Crippen LogP) is 2.80. The molecule has 2 rings (SSSR count). The third-order valence-electron chi connectivity index (χ3n) is 3.97. The van der Waals surface area contributed by atoms with Crippen molar-refractivity contribution in [3.8, 4) is 0 Å². The lowest BCUT2D eigenvalue weighted by Crippen LogP contribution is -2.31. The number of hydrogen-bond acceptors (Lipinski definition) is 5. The Balaban J connectivity index is 2.12. The Morgan fingerprint density at radius 3 is 2.07 bits per heavy atom. The van der Waals surface area contributed by atoms with Crippen molar-refractivity contribution in [2.24, 2.45) is 0 Å². The van der Waals surface area contributed by atoms with Gasteiger partial charge in [-0.3, -0.25) is 9.52 Å². The van der Waals surface area contributed by atoms with Crippen molar-refractivity contribution in [1.29, 1.82) is 0 Å². The van der Waals surface area contributed by atoms with Crippen LogP contribution in [-0.2, 0) is 14.8 Å². The largest absolute Gasteiger partial charge is 0.465 e. The first-order chi connectivity index (χ1) is 12.8. The van der Waals surface area contributed by atoms with E-state index in [0.29, 0.717) is 16.8 Å². The molecule has 1 atom stereocenters. The van der Waals surface area contributed by atoms with Crippen molar-refractivity contribution in [3.63, 3.8) is 0 Å². The number of hydrogen-bond donors (Lipinski definition) is 2. The Morgan fingerprint density at radius 2 is 1.56 bits per heavy atom.